The number of rotatable bonds is 12. The van der Waals surface area contributed by atoms with E-state index in [0.29, 0.717) is 42.2 Å². The molecule has 0 bridgehead atoms. The van der Waals surface area contributed by atoms with Crippen LogP contribution in [0.15, 0.2) is 72.8 Å². The molecule has 0 spiro atoms. The number of ether oxygens (including phenoxy) is 2. The Labute approximate surface area is 258 Å². The lowest BCUT2D eigenvalue weighted by Crippen LogP contribution is -2.55. The van der Waals surface area contributed by atoms with E-state index in [1.165, 1.54) is 4.90 Å². The number of anilines is 3. The molecule has 3 aromatic rings. The zero-order chi connectivity index (χ0) is 31.5. The molecule has 0 saturated carbocycles. The molecule has 0 aromatic heterocycles. The summed E-state index contributed by atoms with van der Waals surface area (Å²) < 4.78 is 10.6. The predicted molar refractivity (Wildman–Crippen MR) is 170 cm³/mol. The molecule has 1 heterocycles. The number of nitrogens with one attached hydrogen (secondary N) is 2. The molecule has 44 heavy (non-hydrogen) atoms. The van der Waals surface area contributed by atoms with Gasteiger partial charge in [0.2, 0.25) is 0 Å². The van der Waals surface area contributed by atoms with Gasteiger partial charge in [0, 0.05) is 47.8 Å². The van der Waals surface area contributed by atoms with Gasteiger partial charge in [-0.05, 0) is 80.4 Å². The Morgan fingerprint density at radius 2 is 1.73 bits per heavy atom. The third kappa shape index (κ3) is 8.23. The van der Waals surface area contributed by atoms with Crippen molar-refractivity contribution in [2.45, 2.75) is 39.7 Å². The molecule has 0 radical (unpaired) electrons. The van der Waals surface area contributed by atoms with Gasteiger partial charge in [-0.25, -0.2) is 4.79 Å². The summed E-state index contributed by atoms with van der Waals surface area (Å²) >= 11 is 0. The highest BCUT2D eigenvalue weighted by atomic mass is 16.5. The molecule has 1 atom stereocenters. The number of benzene rings is 3. The summed E-state index contributed by atoms with van der Waals surface area (Å²) in [5.41, 5.74) is 3.58. The topological polar surface area (TPSA) is 117 Å². The molecular formula is C34H40N4O6. The van der Waals surface area contributed by atoms with E-state index in [0.717, 1.165) is 30.6 Å². The van der Waals surface area contributed by atoms with Crippen molar-refractivity contribution in [3.63, 3.8) is 0 Å². The number of esters is 2. The maximum atomic E-state index is 13.2. The van der Waals surface area contributed by atoms with Gasteiger partial charge in [-0.2, -0.15) is 0 Å². The van der Waals surface area contributed by atoms with Gasteiger partial charge in [0.05, 0.1) is 13.2 Å². The molecule has 4 rings (SSSR count). The Morgan fingerprint density at radius 1 is 0.977 bits per heavy atom. The van der Waals surface area contributed by atoms with Gasteiger partial charge >= 0.3 is 11.9 Å². The fourth-order valence-corrected chi connectivity index (χ4v) is 4.99. The second-order valence-electron chi connectivity index (χ2n) is 10.5. The molecule has 10 nitrogen and oxygen atoms in total. The van der Waals surface area contributed by atoms with Crippen LogP contribution in [0.3, 0.4) is 0 Å². The third-order valence-corrected chi connectivity index (χ3v) is 7.34. The molecule has 2 amide bonds. The summed E-state index contributed by atoms with van der Waals surface area (Å²) in [5, 5.41) is 6.18. The average Bonchev–Trinajstić information content (AvgIpc) is 3.04. The van der Waals surface area contributed by atoms with E-state index in [9.17, 15) is 19.2 Å². The quantitative estimate of drug-likeness (QED) is 0.229. The van der Waals surface area contributed by atoms with E-state index in [1.807, 2.05) is 30.0 Å². The van der Waals surface area contributed by atoms with Gasteiger partial charge in [0.25, 0.3) is 11.8 Å². The lowest BCUT2D eigenvalue weighted by molar-refractivity contribution is -0.145. The van der Waals surface area contributed by atoms with Gasteiger partial charge in [-0.1, -0.05) is 31.5 Å². The van der Waals surface area contributed by atoms with Crippen LogP contribution >= 0.6 is 0 Å². The molecule has 1 aliphatic heterocycles. The molecular weight excluding hydrogens is 560 g/mol. The molecule has 1 saturated heterocycles. The van der Waals surface area contributed by atoms with Crippen molar-refractivity contribution >= 4 is 40.8 Å². The first-order valence-electron chi connectivity index (χ1n) is 15.0. The number of hydrogen-bond acceptors (Lipinski definition) is 8. The summed E-state index contributed by atoms with van der Waals surface area (Å²) in [6.45, 7) is 7.87. The number of hydrogen-bond donors (Lipinski definition) is 2. The summed E-state index contributed by atoms with van der Waals surface area (Å²) in [7, 11) is 0. The predicted octanol–water partition coefficient (Wildman–Crippen LogP) is 4.58. The molecule has 1 fully saturated rings. The lowest BCUT2D eigenvalue weighted by atomic mass is 10.0. The highest BCUT2D eigenvalue weighted by Gasteiger charge is 2.30. The van der Waals surface area contributed by atoms with E-state index >= 15 is 0 Å². The summed E-state index contributed by atoms with van der Waals surface area (Å²) in [6.07, 6.45) is 1.78. The molecule has 2 N–H and O–H groups in total. The van der Waals surface area contributed by atoms with E-state index in [-0.39, 0.29) is 30.9 Å². The number of nitrogens with zero attached hydrogens (tertiary/aromatic N) is 2. The van der Waals surface area contributed by atoms with Crippen LogP contribution in [0.5, 0.6) is 0 Å². The number of aryl methyl sites for hydroxylation is 1. The van der Waals surface area contributed by atoms with Crippen LogP contribution in [-0.2, 0) is 19.1 Å². The minimum absolute atomic E-state index is 0.207. The Kier molecular flexibility index (Phi) is 11.5. The maximum Gasteiger partial charge on any atom is 0.330 e. The van der Waals surface area contributed by atoms with E-state index in [2.05, 4.69) is 17.6 Å². The van der Waals surface area contributed by atoms with Gasteiger partial charge in [0.1, 0.15) is 12.6 Å². The van der Waals surface area contributed by atoms with Crippen LogP contribution in [0.2, 0.25) is 0 Å². The Morgan fingerprint density at radius 3 is 2.41 bits per heavy atom. The second-order valence-corrected chi connectivity index (χ2v) is 10.5. The first-order chi connectivity index (χ1) is 21.3. The number of piperazine rings is 1. The summed E-state index contributed by atoms with van der Waals surface area (Å²) in [6, 6.07) is 20.5. The number of carbonyl (C=O) groups excluding carboxylic acids is 4. The van der Waals surface area contributed by atoms with Crippen molar-refractivity contribution in [1.82, 2.24) is 5.32 Å². The van der Waals surface area contributed by atoms with Crippen LogP contribution in [0.4, 0.5) is 17.1 Å². The van der Waals surface area contributed by atoms with Crippen molar-refractivity contribution in [3.05, 3.63) is 89.5 Å². The zero-order valence-corrected chi connectivity index (χ0v) is 25.5. The van der Waals surface area contributed by atoms with Gasteiger partial charge in [0.15, 0.2) is 0 Å². The van der Waals surface area contributed by atoms with Crippen molar-refractivity contribution in [2.24, 2.45) is 0 Å². The first-order valence-corrected chi connectivity index (χ1v) is 15.0. The zero-order valence-electron chi connectivity index (χ0n) is 25.5. The van der Waals surface area contributed by atoms with Gasteiger partial charge in [-0.15, -0.1) is 0 Å². The minimum Gasteiger partial charge on any atom is -0.465 e. The first kappa shape index (κ1) is 32.2. The number of carbonyl (C=O) groups is 4. The average molecular weight is 601 g/mol. The van der Waals surface area contributed by atoms with E-state index < -0.39 is 12.0 Å². The Balaban J connectivity index is 1.46. The number of amides is 2. The fourth-order valence-electron chi connectivity index (χ4n) is 4.99. The normalized spacial score (nSPS) is 14.4. The van der Waals surface area contributed by atoms with Crippen molar-refractivity contribution in [3.8, 4) is 0 Å². The molecule has 3 aromatic carbocycles. The van der Waals surface area contributed by atoms with Crippen LogP contribution < -0.4 is 20.4 Å². The summed E-state index contributed by atoms with van der Waals surface area (Å²) in [4.78, 5) is 54.9. The van der Waals surface area contributed by atoms with Gasteiger partial charge in [-0.3, -0.25) is 19.3 Å². The van der Waals surface area contributed by atoms with Gasteiger partial charge < -0.3 is 25.0 Å². The van der Waals surface area contributed by atoms with Crippen LogP contribution in [0.1, 0.15) is 53.0 Å². The monoisotopic (exact) mass is 600 g/mol. The molecule has 10 heteroatoms. The highest BCUT2D eigenvalue weighted by molar-refractivity contribution is 6.09. The van der Waals surface area contributed by atoms with Crippen molar-refractivity contribution < 1.29 is 28.7 Å². The standard InChI is InChI=1S/C34H40N4O6/c1-4-6-20-44-34(42)30-22-35-18-19-37(30)28-16-17-29(24(3)21-28)32(40)36-26-12-14-27(15-13-26)38(23-31(39)43-5-2)33(41)25-10-8-7-9-11-25/h7-17,21,30,35H,4-6,18-20,22-23H2,1-3H3,(H,36,40)/t30-/m1/s1. The van der Waals surface area contributed by atoms with Crippen molar-refractivity contribution in [2.75, 3.05) is 54.5 Å². The van der Waals surface area contributed by atoms with Crippen LogP contribution in [0.25, 0.3) is 0 Å². The number of unbranched alkanes of at least 4 members (excludes halogenated alkanes) is 1. The second kappa shape index (κ2) is 15.7. The fraction of sp³-hybridized carbons (Fsp3) is 0.353. The third-order valence-electron chi connectivity index (χ3n) is 7.34. The van der Waals surface area contributed by atoms with E-state index in [4.69, 9.17) is 9.47 Å². The molecule has 0 unspecified atom stereocenters. The van der Waals surface area contributed by atoms with Crippen LogP contribution in [0, 0.1) is 6.92 Å². The Bertz CT molecular complexity index is 1440. The Hall–Kier alpha value is -4.70. The summed E-state index contributed by atoms with van der Waals surface area (Å²) in [5.74, 6) is -1.40. The minimum atomic E-state index is -0.520. The maximum absolute atomic E-state index is 13.2. The largest absolute Gasteiger partial charge is 0.465 e. The smallest absolute Gasteiger partial charge is 0.330 e. The van der Waals surface area contributed by atoms with Crippen LogP contribution in [-0.4, -0.2) is 69.2 Å². The lowest BCUT2D eigenvalue weighted by Gasteiger charge is -2.36. The molecule has 1 aliphatic rings. The van der Waals surface area contributed by atoms with Crippen molar-refractivity contribution in [1.29, 1.82) is 0 Å². The SMILES string of the molecule is CCCCOC(=O)[C@H]1CNCCN1c1ccc(C(=O)Nc2ccc(N(CC(=O)OCC)C(=O)c3ccccc3)cc2)c(C)c1. The highest BCUT2D eigenvalue weighted by Crippen LogP contribution is 2.25. The molecule has 232 valence electrons. The molecule has 0 aliphatic carbocycles. The van der Waals surface area contributed by atoms with E-state index in [1.54, 1.807) is 61.5 Å².